The number of benzene rings is 1. The lowest BCUT2D eigenvalue weighted by atomic mass is 10.3. The summed E-state index contributed by atoms with van der Waals surface area (Å²) in [5.41, 5.74) is 1.84. The standard InChI is InChI=1S/C15H16ClN5O2S/c1-3-6-21-12-5-4-10(16)7-11(12)18-15(21)24-8-13(22)19-14-17-9(2)20-23-14/h4-5,7H,3,6,8H2,1-2H3,(H,17,19,20,22). The van der Waals surface area contributed by atoms with Crippen LogP contribution in [0.4, 0.5) is 6.01 Å². The second-order valence-electron chi connectivity index (χ2n) is 5.16. The number of halogens is 1. The smallest absolute Gasteiger partial charge is 0.319 e. The molecule has 0 radical (unpaired) electrons. The van der Waals surface area contributed by atoms with Gasteiger partial charge < -0.3 is 9.09 Å². The molecular weight excluding hydrogens is 350 g/mol. The summed E-state index contributed by atoms with van der Waals surface area (Å²) >= 11 is 7.39. The van der Waals surface area contributed by atoms with Crippen LogP contribution < -0.4 is 5.32 Å². The summed E-state index contributed by atoms with van der Waals surface area (Å²) in [7, 11) is 0. The Morgan fingerprint density at radius 1 is 1.42 bits per heavy atom. The van der Waals surface area contributed by atoms with E-state index in [1.54, 1.807) is 6.92 Å². The van der Waals surface area contributed by atoms with Crippen molar-refractivity contribution in [1.82, 2.24) is 19.7 Å². The van der Waals surface area contributed by atoms with Crippen molar-refractivity contribution in [2.24, 2.45) is 0 Å². The van der Waals surface area contributed by atoms with Crippen LogP contribution in [0.2, 0.25) is 5.02 Å². The Labute approximate surface area is 147 Å². The Balaban J connectivity index is 1.74. The molecule has 0 atom stereocenters. The molecular formula is C15H16ClN5O2S. The quantitative estimate of drug-likeness (QED) is 0.672. The van der Waals surface area contributed by atoms with Crippen LogP contribution in [-0.4, -0.2) is 31.4 Å². The van der Waals surface area contributed by atoms with E-state index >= 15 is 0 Å². The van der Waals surface area contributed by atoms with Crippen LogP contribution in [0.5, 0.6) is 0 Å². The number of anilines is 1. The molecule has 3 aromatic rings. The molecule has 7 nitrogen and oxygen atoms in total. The minimum Gasteiger partial charge on any atom is -0.319 e. The van der Waals surface area contributed by atoms with Crippen LogP contribution in [0.25, 0.3) is 11.0 Å². The Bertz CT molecular complexity index is 876. The van der Waals surface area contributed by atoms with E-state index in [4.69, 9.17) is 16.1 Å². The van der Waals surface area contributed by atoms with Crippen molar-refractivity contribution in [2.75, 3.05) is 11.1 Å². The van der Waals surface area contributed by atoms with E-state index in [1.807, 2.05) is 18.2 Å². The number of thioether (sulfide) groups is 1. The molecule has 0 aliphatic rings. The van der Waals surface area contributed by atoms with Gasteiger partial charge in [0.15, 0.2) is 11.0 Å². The van der Waals surface area contributed by atoms with Crippen LogP contribution in [0.1, 0.15) is 19.2 Å². The van der Waals surface area contributed by atoms with Gasteiger partial charge in [0.05, 0.1) is 16.8 Å². The minimum atomic E-state index is -0.225. The molecule has 0 saturated heterocycles. The van der Waals surface area contributed by atoms with Gasteiger partial charge in [-0.25, -0.2) is 4.98 Å². The minimum absolute atomic E-state index is 0.104. The van der Waals surface area contributed by atoms with Crippen LogP contribution in [0.3, 0.4) is 0 Å². The first kappa shape index (κ1) is 16.8. The van der Waals surface area contributed by atoms with Crippen LogP contribution in [0, 0.1) is 6.92 Å². The van der Waals surface area contributed by atoms with Crippen molar-refractivity contribution < 1.29 is 9.32 Å². The zero-order chi connectivity index (χ0) is 17.1. The maximum absolute atomic E-state index is 12.0. The van der Waals surface area contributed by atoms with Gasteiger partial charge in [-0.1, -0.05) is 35.4 Å². The lowest BCUT2D eigenvalue weighted by Gasteiger charge is -2.06. The molecule has 0 saturated carbocycles. The number of nitrogens with one attached hydrogen (secondary N) is 1. The van der Waals surface area contributed by atoms with Crippen molar-refractivity contribution >= 4 is 46.3 Å². The maximum atomic E-state index is 12.0. The van der Waals surface area contributed by atoms with Crippen molar-refractivity contribution in [3.63, 3.8) is 0 Å². The van der Waals surface area contributed by atoms with Gasteiger partial charge in [0, 0.05) is 11.6 Å². The van der Waals surface area contributed by atoms with Crippen LogP contribution >= 0.6 is 23.4 Å². The fourth-order valence-electron chi connectivity index (χ4n) is 2.26. The molecule has 0 bridgehead atoms. The monoisotopic (exact) mass is 365 g/mol. The molecule has 0 spiro atoms. The normalized spacial score (nSPS) is 11.1. The van der Waals surface area contributed by atoms with Gasteiger partial charge in [-0.05, 0) is 31.5 Å². The number of aromatic nitrogens is 4. The fraction of sp³-hybridized carbons (Fsp3) is 0.333. The summed E-state index contributed by atoms with van der Waals surface area (Å²) < 4.78 is 6.97. The highest BCUT2D eigenvalue weighted by molar-refractivity contribution is 7.99. The third-order valence-corrected chi connectivity index (χ3v) is 4.44. The molecule has 3 rings (SSSR count). The van der Waals surface area contributed by atoms with E-state index in [-0.39, 0.29) is 17.7 Å². The molecule has 2 aromatic heterocycles. The second-order valence-corrected chi connectivity index (χ2v) is 6.54. The first-order valence-corrected chi connectivity index (χ1v) is 8.82. The van der Waals surface area contributed by atoms with Crippen molar-refractivity contribution in [1.29, 1.82) is 0 Å². The van der Waals surface area contributed by atoms with E-state index in [0.717, 1.165) is 29.2 Å². The van der Waals surface area contributed by atoms with Gasteiger partial charge in [-0.15, -0.1) is 0 Å². The van der Waals surface area contributed by atoms with Crippen molar-refractivity contribution in [2.45, 2.75) is 32.0 Å². The second kappa shape index (κ2) is 7.23. The number of hydrogen-bond acceptors (Lipinski definition) is 6. The molecule has 2 heterocycles. The zero-order valence-electron chi connectivity index (χ0n) is 13.2. The van der Waals surface area contributed by atoms with E-state index in [2.05, 4.69) is 31.9 Å². The summed E-state index contributed by atoms with van der Waals surface area (Å²) in [6.45, 7) is 4.61. The Hall–Kier alpha value is -2.06. The average Bonchev–Trinajstić information content (AvgIpc) is 3.09. The van der Waals surface area contributed by atoms with Crippen LogP contribution in [-0.2, 0) is 11.3 Å². The third-order valence-electron chi connectivity index (χ3n) is 3.23. The molecule has 126 valence electrons. The summed E-state index contributed by atoms with van der Waals surface area (Å²) in [5.74, 6) is 0.443. The summed E-state index contributed by atoms with van der Waals surface area (Å²) in [6, 6.07) is 5.73. The lowest BCUT2D eigenvalue weighted by molar-refractivity contribution is -0.114. The number of hydrogen-bond donors (Lipinski definition) is 1. The molecule has 0 fully saturated rings. The van der Waals surface area contributed by atoms with Crippen LogP contribution in [0.15, 0.2) is 27.9 Å². The number of rotatable bonds is 6. The SMILES string of the molecule is CCCn1c(SCC(=O)Nc2nc(C)no2)nc2cc(Cl)ccc21. The average molecular weight is 366 g/mol. The summed E-state index contributed by atoms with van der Waals surface area (Å²) in [6.07, 6.45) is 0.967. The van der Waals surface area contributed by atoms with Crippen molar-refractivity contribution in [3.05, 3.63) is 29.0 Å². The molecule has 1 amide bonds. The van der Waals surface area contributed by atoms with Crippen molar-refractivity contribution in [3.8, 4) is 0 Å². The van der Waals surface area contributed by atoms with E-state index < -0.39 is 0 Å². The van der Waals surface area contributed by atoms with Gasteiger partial charge >= 0.3 is 6.01 Å². The third kappa shape index (κ3) is 3.70. The fourth-order valence-corrected chi connectivity index (χ4v) is 3.27. The Kier molecular flexibility index (Phi) is 5.06. The van der Waals surface area contributed by atoms with Gasteiger partial charge in [0.2, 0.25) is 5.91 Å². The first-order valence-electron chi connectivity index (χ1n) is 7.45. The molecule has 0 aliphatic carbocycles. The molecule has 24 heavy (non-hydrogen) atoms. The van der Waals surface area contributed by atoms with E-state index in [0.29, 0.717) is 10.8 Å². The number of imidazole rings is 1. The number of fused-ring (bicyclic) bond motifs is 1. The number of nitrogens with zero attached hydrogens (tertiary/aromatic N) is 4. The predicted octanol–water partition coefficient (Wildman–Crippen LogP) is 3.52. The van der Waals surface area contributed by atoms with Gasteiger partial charge in [-0.2, -0.15) is 4.98 Å². The molecule has 1 N–H and O–H groups in total. The van der Waals surface area contributed by atoms with Gasteiger partial charge in [-0.3, -0.25) is 10.1 Å². The lowest BCUT2D eigenvalue weighted by Crippen LogP contribution is -2.15. The maximum Gasteiger partial charge on any atom is 0.328 e. The van der Waals surface area contributed by atoms with E-state index in [1.165, 1.54) is 11.8 Å². The van der Waals surface area contributed by atoms with Gasteiger partial charge in [0.25, 0.3) is 0 Å². The molecule has 0 aliphatic heterocycles. The zero-order valence-corrected chi connectivity index (χ0v) is 14.8. The number of amides is 1. The first-order chi connectivity index (χ1) is 11.6. The number of aryl methyl sites for hydroxylation is 2. The molecule has 9 heteroatoms. The summed E-state index contributed by atoms with van der Waals surface area (Å²) in [5, 5.41) is 7.62. The Morgan fingerprint density at radius 3 is 2.96 bits per heavy atom. The molecule has 0 unspecified atom stereocenters. The topological polar surface area (TPSA) is 85.8 Å². The van der Waals surface area contributed by atoms with E-state index in [9.17, 15) is 4.79 Å². The van der Waals surface area contributed by atoms with Gasteiger partial charge in [0.1, 0.15) is 0 Å². The Morgan fingerprint density at radius 2 is 2.25 bits per heavy atom. The molecule has 1 aromatic carbocycles. The largest absolute Gasteiger partial charge is 0.328 e. The highest BCUT2D eigenvalue weighted by Gasteiger charge is 2.14. The number of carbonyl (C=O) groups excluding carboxylic acids is 1. The number of carbonyl (C=O) groups is 1. The highest BCUT2D eigenvalue weighted by atomic mass is 35.5. The summed E-state index contributed by atoms with van der Waals surface area (Å²) in [4.78, 5) is 20.5. The predicted molar refractivity (Wildman–Crippen MR) is 93.4 cm³/mol. The highest BCUT2D eigenvalue weighted by Crippen LogP contribution is 2.26.